The molecule has 0 aliphatic carbocycles. The van der Waals surface area contributed by atoms with Crippen LogP contribution in [0.1, 0.15) is 44.2 Å². The minimum atomic E-state index is 0.705. The molecule has 1 saturated heterocycles. The third-order valence-corrected chi connectivity index (χ3v) is 4.65. The van der Waals surface area contributed by atoms with Gasteiger partial charge < -0.3 is 10.2 Å². The Morgan fingerprint density at radius 1 is 1.33 bits per heavy atom. The summed E-state index contributed by atoms with van der Waals surface area (Å²) in [5.74, 6) is 0. The largest absolute Gasteiger partial charge is 0.366 e. The number of hydrogen-bond donors (Lipinski definition) is 1. The van der Waals surface area contributed by atoms with Crippen LogP contribution in [0.5, 0.6) is 0 Å². The summed E-state index contributed by atoms with van der Waals surface area (Å²) in [5, 5.41) is 3.48. The van der Waals surface area contributed by atoms with Crippen LogP contribution < -0.4 is 10.2 Å². The fourth-order valence-corrected chi connectivity index (χ4v) is 3.66. The van der Waals surface area contributed by atoms with Gasteiger partial charge in [0.15, 0.2) is 0 Å². The molecule has 2 heterocycles. The van der Waals surface area contributed by atoms with Gasteiger partial charge in [0.05, 0.1) is 0 Å². The minimum Gasteiger partial charge on any atom is -0.366 e. The summed E-state index contributed by atoms with van der Waals surface area (Å²) in [6.07, 6.45) is 5.16. The van der Waals surface area contributed by atoms with Crippen LogP contribution in [0.4, 0.5) is 5.69 Å². The predicted octanol–water partition coefficient (Wildman–Crippen LogP) is 3.10. The van der Waals surface area contributed by atoms with Crippen molar-refractivity contribution in [2.75, 3.05) is 11.4 Å². The van der Waals surface area contributed by atoms with Crippen LogP contribution in [0.15, 0.2) is 18.2 Å². The van der Waals surface area contributed by atoms with E-state index in [-0.39, 0.29) is 0 Å². The first kappa shape index (κ1) is 12.0. The van der Waals surface area contributed by atoms with Crippen LogP contribution in [-0.4, -0.2) is 18.6 Å². The molecule has 0 radical (unpaired) electrons. The van der Waals surface area contributed by atoms with Crippen molar-refractivity contribution in [1.82, 2.24) is 5.32 Å². The van der Waals surface area contributed by atoms with Gasteiger partial charge in [0.2, 0.25) is 0 Å². The summed E-state index contributed by atoms with van der Waals surface area (Å²) >= 11 is 0. The summed E-state index contributed by atoms with van der Waals surface area (Å²) in [5.41, 5.74) is 4.63. The van der Waals surface area contributed by atoms with Gasteiger partial charge >= 0.3 is 0 Å². The number of anilines is 1. The molecule has 2 atom stereocenters. The molecule has 3 rings (SSSR count). The van der Waals surface area contributed by atoms with Gasteiger partial charge in [-0.1, -0.05) is 19.1 Å². The molecule has 2 unspecified atom stereocenters. The molecule has 1 N–H and O–H groups in total. The SMILES string of the molecule is CCC1CCC(C)N1c1cccc2c1CCNC2. The summed E-state index contributed by atoms with van der Waals surface area (Å²) in [6.45, 7) is 6.88. The monoisotopic (exact) mass is 244 g/mol. The van der Waals surface area contributed by atoms with Gasteiger partial charge in [0.1, 0.15) is 0 Å². The molecular weight excluding hydrogens is 220 g/mol. The van der Waals surface area contributed by atoms with E-state index in [1.165, 1.54) is 36.9 Å². The second kappa shape index (κ2) is 4.93. The number of hydrogen-bond acceptors (Lipinski definition) is 2. The van der Waals surface area contributed by atoms with Gasteiger partial charge in [-0.05, 0) is 56.3 Å². The van der Waals surface area contributed by atoms with Crippen LogP contribution in [-0.2, 0) is 13.0 Å². The smallest absolute Gasteiger partial charge is 0.0407 e. The highest BCUT2D eigenvalue weighted by molar-refractivity contribution is 5.59. The molecule has 0 spiro atoms. The number of rotatable bonds is 2. The van der Waals surface area contributed by atoms with E-state index in [0.29, 0.717) is 6.04 Å². The van der Waals surface area contributed by atoms with Crippen LogP contribution in [0.2, 0.25) is 0 Å². The molecule has 0 saturated carbocycles. The van der Waals surface area contributed by atoms with Crippen LogP contribution >= 0.6 is 0 Å². The highest BCUT2D eigenvalue weighted by Crippen LogP contribution is 2.36. The van der Waals surface area contributed by atoms with Crippen molar-refractivity contribution in [1.29, 1.82) is 0 Å². The first-order valence-corrected chi connectivity index (χ1v) is 7.41. The van der Waals surface area contributed by atoms with Crippen molar-refractivity contribution in [2.45, 2.75) is 58.2 Å². The lowest BCUT2D eigenvalue weighted by molar-refractivity contribution is 0.609. The molecule has 1 aromatic carbocycles. The van der Waals surface area contributed by atoms with Crippen LogP contribution in [0.3, 0.4) is 0 Å². The zero-order valence-electron chi connectivity index (χ0n) is 11.6. The second-order valence-electron chi connectivity index (χ2n) is 5.74. The van der Waals surface area contributed by atoms with Gasteiger partial charge in [-0.15, -0.1) is 0 Å². The standard InChI is InChI=1S/C16H24N2/c1-3-14-8-7-12(2)18(14)16-6-4-5-13-11-17-10-9-15(13)16/h4-6,12,14,17H,3,7-11H2,1-2H3. The van der Waals surface area contributed by atoms with Gasteiger partial charge in [0.25, 0.3) is 0 Å². The molecule has 18 heavy (non-hydrogen) atoms. The van der Waals surface area contributed by atoms with Crippen LogP contribution in [0, 0.1) is 0 Å². The quantitative estimate of drug-likeness (QED) is 0.860. The van der Waals surface area contributed by atoms with E-state index in [9.17, 15) is 0 Å². The maximum atomic E-state index is 3.48. The Morgan fingerprint density at radius 3 is 3.06 bits per heavy atom. The third kappa shape index (κ3) is 1.93. The fourth-order valence-electron chi connectivity index (χ4n) is 3.66. The molecule has 2 nitrogen and oxygen atoms in total. The lowest BCUT2D eigenvalue weighted by Gasteiger charge is -2.34. The number of benzene rings is 1. The van der Waals surface area contributed by atoms with E-state index in [4.69, 9.17) is 0 Å². The first-order valence-electron chi connectivity index (χ1n) is 7.41. The Hall–Kier alpha value is -1.02. The Balaban J connectivity index is 2.00. The summed E-state index contributed by atoms with van der Waals surface area (Å²) in [7, 11) is 0. The summed E-state index contributed by atoms with van der Waals surface area (Å²) in [6, 6.07) is 8.32. The molecule has 0 bridgehead atoms. The molecule has 1 aromatic rings. The molecule has 0 aromatic heterocycles. The third-order valence-electron chi connectivity index (χ3n) is 4.65. The van der Waals surface area contributed by atoms with Crippen molar-refractivity contribution in [3.05, 3.63) is 29.3 Å². The Kier molecular flexibility index (Phi) is 3.29. The highest BCUT2D eigenvalue weighted by atomic mass is 15.2. The Morgan fingerprint density at radius 2 is 2.22 bits per heavy atom. The average Bonchev–Trinajstić information content (AvgIpc) is 2.79. The van der Waals surface area contributed by atoms with E-state index < -0.39 is 0 Å². The van der Waals surface area contributed by atoms with Gasteiger partial charge in [-0.2, -0.15) is 0 Å². The molecular formula is C16H24N2. The van der Waals surface area contributed by atoms with Crippen molar-refractivity contribution in [3.8, 4) is 0 Å². The second-order valence-corrected chi connectivity index (χ2v) is 5.74. The fraction of sp³-hybridized carbons (Fsp3) is 0.625. The first-order chi connectivity index (χ1) is 8.81. The van der Waals surface area contributed by atoms with Gasteiger partial charge in [-0.25, -0.2) is 0 Å². The van der Waals surface area contributed by atoms with Crippen molar-refractivity contribution < 1.29 is 0 Å². The maximum absolute atomic E-state index is 3.48. The number of nitrogens with zero attached hydrogens (tertiary/aromatic N) is 1. The zero-order valence-corrected chi connectivity index (χ0v) is 11.6. The lowest BCUT2D eigenvalue weighted by Crippen LogP contribution is -2.36. The zero-order chi connectivity index (χ0) is 12.5. The van der Waals surface area contributed by atoms with Crippen molar-refractivity contribution in [3.63, 3.8) is 0 Å². The number of nitrogens with one attached hydrogen (secondary N) is 1. The summed E-state index contributed by atoms with van der Waals surface area (Å²) < 4.78 is 0. The average molecular weight is 244 g/mol. The minimum absolute atomic E-state index is 0.705. The van der Waals surface area contributed by atoms with Gasteiger partial charge in [-0.3, -0.25) is 0 Å². The summed E-state index contributed by atoms with van der Waals surface area (Å²) in [4.78, 5) is 2.70. The highest BCUT2D eigenvalue weighted by Gasteiger charge is 2.31. The van der Waals surface area contributed by atoms with E-state index in [0.717, 1.165) is 19.1 Å². The predicted molar refractivity (Wildman–Crippen MR) is 77.1 cm³/mol. The van der Waals surface area contributed by atoms with E-state index in [1.54, 1.807) is 5.56 Å². The normalized spacial score (nSPS) is 27.3. The van der Waals surface area contributed by atoms with E-state index >= 15 is 0 Å². The van der Waals surface area contributed by atoms with Crippen molar-refractivity contribution >= 4 is 5.69 Å². The van der Waals surface area contributed by atoms with E-state index in [2.05, 4.69) is 42.3 Å². The topological polar surface area (TPSA) is 15.3 Å². The maximum Gasteiger partial charge on any atom is 0.0407 e. The van der Waals surface area contributed by atoms with Gasteiger partial charge in [0, 0.05) is 24.3 Å². The Bertz CT molecular complexity index is 427. The molecule has 0 amide bonds. The molecule has 1 fully saturated rings. The molecule has 2 aliphatic heterocycles. The lowest BCUT2D eigenvalue weighted by atomic mass is 9.97. The van der Waals surface area contributed by atoms with Crippen LogP contribution in [0.25, 0.3) is 0 Å². The van der Waals surface area contributed by atoms with Crippen molar-refractivity contribution in [2.24, 2.45) is 0 Å². The molecule has 2 heteroatoms. The van der Waals surface area contributed by atoms with E-state index in [1.807, 2.05) is 0 Å². The Labute approximate surface area is 110 Å². The number of fused-ring (bicyclic) bond motifs is 1. The molecule has 2 aliphatic rings. The molecule has 98 valence electrons.